The van der Waals surface area contributed by atoms with Crippen LogP contribution < -0.4 is 11.1 Å². The lowest BCUT2D eigenvalue weighted by molar-refractivity contribution is -0.137. The fraction of sp³-hybridized carbons (Fsp3) is 0.357. The molecule has 1 saturated heterocycles. The zero-order valence-electron chi connectivity index (χ0n) is 12.2. The van der Waals surface area contributed by atoms with Gasteiger partial charge >= 0.3 is 6.16 Å². The Labute approximate surface area is 139 Å². The molecule has 1 aromatic rings. The highest BCUT2D eigenvalue weighted by Crippen LogP contribution is 2.19. The van der Waals surface area contributed by atoms with Gasteiger partial charge in [0.15, 0.2) is 6.23 Å². The Bertz CT molecular complexity index is 569. The Morgan fingerprint density at radius 3 is 2.52 bits per heavy atom. The molecule has 1 aliphatic rings. The summed E-state index contributed by atoms with van der Waals surface area (Å²) in [6.45, 7) is -0.0919. The van der Waals surface area contributed by atoms with Gasteiger partial charge in [0, 0.05) is 18.5 Å². The van der Waals surface area contributed by atoms with Crippen molar-refractivity contribution in [3.05, 3.63) is 35.9 Å². The SMILES string of the molecule is Cl.NCC(=O)N1C[C@H](NC(=O)c2ccccc2)C[C@@H]1OC(=O)O. The van der Waals surface area contributed by atoms with Gasteiger partial charge < -0.3 is 25.8 Å². The summed E-state index contributed by atoms with van der Waals surface area (Å²) in [5.41, 5.74) is 5.79. The number of carbonyl (C=O) groups is 3. The second-order valence-corrected chi connectivity index (χ2v) is 4.86. The summed E-state index contributed by atoms with van der Waals surface area (Å²) in [6, 6.07) is 8.21. The first-order valence-corrected chi connectivity index (χ1v) is 6.76. The standard InChI is InChI=1S/C14H17N3O5.ClH/c15-7-11(18)17-8-10(6-12(17)22-14(20)21)16-13(19)9-4-2-1-3-5-9;/h1-5,10,12H,6-8,15H2,(H,16,19)(H,20,21);1H/t10-,12+;/m1./s1. The van der Waals surface area contributed by atoms with Gasteiger partial charge in [-0.15, -0.1) is 12.4 Å². The maximum atomic E-state index is 12.1. The van der Waals surface area contributed by atoms with Gasteiger partial charge in [0.05, 0.1) is 12.6 Å². The van der Waals surface area contributed by atoms with Crippen LogP contribution in [0.4, 0.5) is 4.79 Å². The zero-order valence-corrected chi connectivity index (χ0v) is 13.0. The van der Waals surface area contributed by atoms with Gasteiger partial charge in [0.25, 0.3) is 5.91 Å². The van der Waals surface area contributed by atoms with Crippen molar-refractivity contribution >= 4 is 30.4 Å². The third kappa shape index (κ3) is 4.83. The van der Waals surface area contributed by atoms with E-state index < -0.39 is 24.3 Å². The molecule has 9 heteroatoms. The highest BCUT2D eigenvalue weighted by Gasteiger charge is 2.38. The quantitative estimate of drug-likeness (QED) is 0.681. The Morgan fingerprint density at radius 2 is 1.96 bits per heavy atom. The molecule has 0 aromatic heterocycles. The number of hydrogen-bond donors (Lipinski definition) is 3. The van der Waals surface area contributed by atoms with Gasteiger partial charge in [0.1, 0.15) is 0 Å². The molecular formula is C14H18ClN3O5. The molecule has 0 bridgehead atoms. The van der Waals surface area contributed by atoms with Gasteiger partial charge in [-0.1, -0.05) is 18.2 Å². The fourth-order valence-electron chi connectivity index (χ4n) is 2.37. The third-order valence-corrected chi connectivity index (χ3v) is 3.35. The number of benzene rings is 1. The van der Waals surface area contributed by atoms with Crippen LogP contribution in [0.3, 0.4) is 0 Å². The topological polar surface area (TPSA) is 122 Å². The largest absolute Gasteiger partial charge is 0.507 e. The molecule has 2 amide bonds. The van der Waals surface area contributed by atoms with E-state index in [9.17, 15) is 14.4 Å². The number of halogens is 1. The van der Waals surface area contributed by atoms with Crippen LogP contribution in [0.25, 0.3) is 0 Å². The van der Waals surface area contributed by atoms with Crippen LogP contribution in [-0.4, -0.2) is 53.3 Å². The molecule has 0 unspecified atom stereocenters. The molecule has 1 aliphatic heterocycles. The first kappa shape index (κ1) is 18.7. The summed E-state index contributed by atoms with van der Waals surface area (Å²) in [6.07, 6.45) is -2.22. The molecule has 1 heterocycles. The van der Waals surface area contributed by atoms with E-state index in [1.807, 2.05) is 0 Å². The normalized spacial score (nSPS) is 19.6. The molecule has 126 valence electrons. The van der Waals surface area contributed by atoms with Crippen molar-refractivity contribution in [2.24, 2.45) is 5.73 Å². The van der Waals surface area contributed by atoms with Crippen molar-refractivity contribution in [1.29, 1.82) is 0 Å². The molecule has 0 aliphatic carbocycles. The minimum Gasteiger partial charge on any atom is -0.450 e. The highest BCUT2D eigenvalue weighted by atomic mass is 35.5. The van der Waals surface area contributed by atoms with E-state index in [-0.39, 0.29) is 37.8 Å². The zero-order chi connectivity index (χ0) is 16.1. The Hall–Kier alpha value is -2.32. The molecule has 0 saturated carbocycles. The average molecular weight is 344 g/mol. The average Bonchev–Trinajstić information content (AvgIpc) is 2.89. The minimum absolute atomic E-state index is 0. The van der Waals surface area contributed by atoms with E-state index in [0.29, 0.717) is 5.56 Å². The van der Waals surface area contributed by atoms with E-state index in [1.165, 1.54) is 4.90 Å². The highest BCUT2D eigenvalue weighted by molar-refractivity contribution is 5.94. The van der Waals surface area contributed by atoms with Crippen LogP contribution in [-0.2, 0) is 9.53 Å². The summed E-state index contributed by atoms with van der Waals surface area (Å²) in [7, 11) is 0. The summed E-state index contributed by atoms with van der Waals surface area (Å²) in [5, 5.41) is 11.5. The van der Waals surface area contributed by atoms with E-state index >= 15 is 0 Å². The molecule has 1 aromatic carbocycles. The summed E-state index contributed by atoms with van der Waals surface area (Å²) in [5.74, 6) is -0.718. The maximum Gasteiger partial charge on any atom is 0.507 e. The monoisotopic (exact) mass is 343 g/mol. The number of nitrogens with two attached hydrogens (primary N) is 1. The molecule has 2 atom stereocenters. The first-order valence-electron chi connectivity index (χ1n) is 6.76. The van der Waals surface area contributed by atoms with Crippen LogP contribution in [0.15, 0.2) is 30.3 Å². The van der Waals surface area contributed by atoms with Crippen molar-refractivity contribution in [2.45, 2.75) is 18.7 Å². The summed E-state index contributed by atoms with van der Waals surface area (Å²) < 4.78 is 4.68. The minimum atomic E-state index is -1.48. The predicted molar refractivity (Wildman–Crippen MR) is 83.2 cm³/mol. The molecule has 23 heavy (non-hydrogen) atoms. The van der Waals surface area contributed by atoms with E-state index in [4.69, 9.17) is 10.8 Å². The Morgan fingerprint density at radius 1 is 1.30 bits per heavy atom. The molecule has 0 spiro atoms. The summed E-state index contributed by atoms with van der Waals surface area (Å²) in [4.78, 5) is 35.7. The molecule has 4 N–H and O–H groups in total. The molecular weight excluding hydrogens is 326 g/mol. The number of carboxylic acid groups (broad SMARTS) is 1. The Kier molecular flexibility index (Phi) is 6.80. The second-order valence-electron chi connectivity index (χ2n) is 4.86. The second kappa shape index (κ2) is 8.35. The molecule has 0 radical (unpaired) electrons. The lowest BCUT2D eigenvalue weighted by Crippen LogP contribution is -2.43. The van der Waals surface area contributed by atoms with Crippen LogP contribution in [0.2, 0.25) is 0 Å². The molecule has 8 nitrogen and oxygen atoms in total. The number of likely N-dealkylation sites (tertiary alicyclic amines) is 1. The van der Waals surface area contributed by atoms with Gasteiger partial charge in [-0.25, -0.2) is 4.79 Å². The lowest BCUT2D eigenvalue weighted by Gasteiger charge is -2.22. The lowest BCUT2D eigenvalue weighted by atomic mass is 10.2. The smallest absolute Gasteiger partial charge is 0.450 e. The number of carbonyl (C=O) groups excluding carboxylic acids is 2. The fourth-order valence-corrected chi connectivity index (χ4v) is 2.37. The van der Waals surface area contributed by atoms with Crippen molar-refractivity contribution in [1.82, 2.24) is 10.2 Å². The molecule has 2 rings (SSSR count). The van der Waals surface area contributed by atoms with Crippen LogP contribution in [0, 0.1) is 0 Å². The van der Waals surface area contributed by atoms with Gasteiger partial charge in [-0.05, 0) is 12.1 Å². The van der Waals surface area contributed by atoms with E-state index in [2.05, 4.69) is 10.1 Å². The van der Waals surface area contributed by atoms with Crippen molar-refractivity contribution in [3.8, 4) is 0 Å². The third-order valence-electron chi connectivity index (χ3n) is 3.35. The number of nitrogens with one attached hydrogen (secondary N) is 1. The Balaban J connectivity index is 0.00000264. The van der Waals surface area contributed by atoms with Crippen molar-refractivity contribution in [2.75, 3.05) is 13.1 Å². The van der Waals surface area contributed by atoms with Crippen molar-refractivity contribution < 1.29 is 24.2 Å². The van der Waals surface area contributed by atoms with Crippen LogP contribution >= 0.6 is 12.4 Å². The molecule has 1 fully saturated rings. The first-order chi connectivity index (χ1) is 10.5. The number of ether oxygens (including phenoxy) is 1. The van der Waals surface area contributed by atoms with E-state index in [0.717, 1.165) is 0 Å². The van der Waals surface area contributed by atoms with Gasteiger partial charge in [-0.3, -0.25) is 9.59 Å². The number of nitrogens with zero attached hydrogens (tertiary/aromatic N) is 1. The van der Waals surface area contributed by atoms with Gasteiger partial charge in [0.2, 0.25) is 5.91 Å². The van der Waals surface area contributed by atoms with E-state index in [1.54, 1.807) is 30.3 Å². The van der Waals surface area contributed by atoms with Crippen LogP contribution in [0.1, 0.15) is 16.8 Å². The maximum absolute atomic E-state index is 12.1. The predicted octanol–water partition coefficient (Wildman–Crippen LogP) is 0.418. The number of hydrogen-bond acceptors (Lipinski definition) is 5. The van der Waals surface area contributed by atoms with Crippen molar-refractivity contribution in [3.63, 3.8) is 0 Å². The number of amides is 2. The number of rotatable bonds is 4. The summed E-state index contributed by atoms with van der Waals surface area (Å²) >= 11 is 0. The van der Waals surface area contributed by atoms with Gasteiger partial charge in [-0.2, -0.15) is 0 Å². The van der Waals surface area contributed by atoms with Crippen LogP contribution in [0.5, 0.6) is 0 Å².